The summed E-state index contributed by atoms with van der Waals surface area (Å²) in [7, 11) is 0. The van der Waals surface area contributed by atoms with Crippen molar-refractivity contribution in [3.8, 4) is 0 Å². The van der Waals surface area contributed by atoms with Gasteiger partial charge >= 0.3 is 0 Å². The first-order valence-electron chi connectivity index (χ1n) is 6.22. The highest BCUT2D eigenvalue weighted by molar-refractivity contribution is 5.99. The second-order valence-corrected chi connectivity index (χ2v) is 4.82. The van der Waals surface area contributed by atoms with Crippen LogP contribution in [0, 0.1) is 11.6 Å². The standard InChI is InChI=1S/C16H12F2O/c17-13-6-3-7-14(18)16(13)11-8-10-4-1-2-5-12(10)15(19)9-11/h1-7,11H,8-9H2. The molecule has 0 heterocycles. The Hall–Kier alpha value is -2.03. The maximum atomic E-state index is 13.8. The van der Waals surface area contributed by atoms with E-state index in [1.807, 2.05) is 12.1 Å². The van der Waals surface area contributed by atoms with Gasteiger partial charge < -0.3 is 0 Å². The molecule has 0 saturated carbocycles. The molecule has 0 radical (unpaired) electrons. The van der Waals surface area contributed by atoms with Gasteiger partial charge in [0.05, 0.1) is 0 Å². The molecule has 0 N–H and O–H groups in total. The Kier molecular flexibility index (Phi) is 2.90. The zero-order chi connectivity index (χ0) is 13.4. The number of fused-ring (bicyclic) bond motifs is 1. The van der Waals surface area contributed by atoms with E-state index in [1.54, 1.807) is 12.1 Å². The van der Waals surface area contributed by atoms with Crippen molar-refractivity contribution in [3.05, 3.63) is 70.8 Å². The molecule has 1 aliphatic carbocycles. The Labute approximate surface area is 109 Å². The Bertz CT molecular complexity index is 629. The van der Waals surface area contributed by atoms with Crippen LogP contribution in [0.15, 0.2) is 42.5 Å². The van der Waals surface area contributed by atoms with E-state index in [0.29, 0.717) is 12.0 Å². The zero-order valence-electron chi connectivity index (χ0n) is 10.2. The van der Waals surface area contributed by atoms with Crippen LogP contribution in [0.5, 0.6) is 0 Å². The lowest BCUT2D eigenvalue weighted by atomic mass is 9.79. The molecule has 2 aromatic carbocycles. The van der Waals surface area contributed by atoms with Crippen LogP contribution < -0.4 is 0 Å². The monoisotopic (exact) mass is 258 g/mol. The number of ketones is 1. The molecule has 3 heteroatoms. The van der Waals surface area contributed by atoms with E-state index in [-0.39, 0.29) is 17.8 Å². The lowest BCUT2D eigenvalue weighted by Crippen LogP contribution is -2.20. The number of rotatable bonds is 1. The van der Waals surface area contributed by atoms with Gasteiger partial charge in [0.2, 0.25) is 0 Å². The largest absolute Gasteiger partial charge is 0.294 e. The molecule has 0 aromatic heterocycles. The van der Waals surface area contributed by atoms with Gasteiger partial charge in [-0.05, 0) is 24.1 Å². The Morgan fingerprint density at radius 3 is 2.32 bits per heavy atom. The first-order chi connectivity index (χ1) is 9.16. The second-order valence-electron chi connectivity index (χ2n) is 4.82. The van der Waals surface area contributed by atoms with Crippen molar-refractivity contribution in [1.29, 1.82) is 0 Å². The fourth-order valence-corrected chi connectivity index (χ4v) is 2.75. The number of halogens is 2. The predicted molar refractivity (Wildman–Crippen MR) is 68.2 cm³/mol. The van der Waals surface area contributed by atoms with Crippen molar-refractivity contribution in [3.63, 3.8) is 0 Å². The summed E-state index contributed by atoms with van der Waals surface area (Å²) in [6.45, 7) is 0. The van der Waals surface area contributed by atoms with E-state index >= 15 is 0 Å². The molecular weight excluding hydrogens is 246 g/mol. The first-order valence-corrected chi connectivity index (χ1v) is 6.22. The molecule has 96 valence electrons. The summed E-state index contributed by atoms with van der Waals surface area (Å²) in [5, 5.41) is 0. The van der Waals surface area contributed by atoms with Crippen molar-refractivity contribution < 1.29 is 13.6 Å². The molecule has 19 heavy (non-hydrogen) atoms. The molecule has 0 spiro atoms. The highest BCUT2D eigenvalue weighted by atomic mass is 19.1. The molecule has 2 aromatic rings. The van der Waals surface area contributed by atoms with E-state index in [9.17, 15) is 13.6 Å². The number of carbonyl (C=O) groups excluding carboxylic acids is 1. The minimum Gasteiger partial charge on any atom is -0.294 e. The maximum Gasteiger partial charge on any atom is 0.163 e. The van der Waals surface area contributed by atoms with E-state index in [4.69, 9.17) is 0 Å². The molecule has 0 aliphatic heterocycles. The van der Waals surface area contributed by atoms with Gasteiger partial charge in [0.1, 0.15) is 11.6 Å². The highest BCUT2D eigenvalue weighted by Gasteiger charge is 2.29. The van der Waals surface area contributed by atoms with E-state index in [1.165, 1.54) is 18.2 Å². The smallest absolute Gasteiger partial charge is 0.163 e. The van der Waals surface area contributed by atoms with Crippen LogP contribution in [0.4, 0.5) is 8.78 Å². The molecule has 0 saturated heterocycles. The van der Waals surface area contributed by atoms with Crippen LogP contribution in [0.2, 0.25) is 0 Å². The first kappa shape index (κ1) is 12.0. The maximum absolute atomic E-state index is 13.8. The molecule has 1 aliphatic rings. The van der Waals surface area contributed by atoms with Crippen LogP contribution in [0.25, 0.3) is 0 Å². The number of Topliss-reactive ketones (excluding diaryl/α,β-unsaturated/α-hetero) is 1. The fraction of sp³-hybridized carbons (Fsp3) is 0.188. The average Bonchev–Trinajstić information content (AvgIpc) is 2.38. The third kappa shape index (κ3) is 2.05. The summed E-state index contributed by atoms with van der Waals surface area (Å²) in [6.07, 6.45) is 0.661. The molecule has 0 amide bonds. The summed E-state index contributed by atoms with van der Waals surface area (Å²) >= 11 is 0. The van der Waals surface area contributed by atoms with Crippen molar-refractivity contribution in [2.24, 2.45) is 0 Å². The van der Waals surface area contributed by atoms with Gasteiger partial charge in [-0.2, -0.15) is 0 Å². The third-order valence-corrected chi connectivity index (χ3v) is 3.62. The van der Waals surface area contributed by atoms with Crippen LogP contribution >= 0.6 is 0 Å². The van der Waals surface area contributed by atoms with Gasteiger partial charge in [0.15, 0.2) is 5.78 Å². The van der Waals surface area contributed by atoms with Gasteiger partial charge in [0.25, 0.3) is 0 Å². The molecular formula is C16H12F2O. The lowest BCUT2D eigenvalue weighted by Gasteiger charge is -2.24. The van der Waals surface area contributed by atoms with Crippen LogP contribution in [0.3, 0.4) is 0 Å². The lowest BCUT2D eigenvalue weighted by molar-refractivity contribution is 0.0963. The number of benzene rings is 2. The third-order valence-electron chi connectivity index (χ3n) is 3.62. The normalized spacial score (nSPS) is 18.2. The summed E-state index contributed by atoms with van der Waals surface area (Å²) in [5.41, 5.74) is 1.58. The Morgan fingerprint density at radius 2 is 1.58 bits per heavy atom. The molecule has 1 atom stereocenters. The van der Waals surface area contributed by atoms with E-state index in [0.717, 1.165) is 5.56 Å². The van der Waals surface area contributed by atoms with Crippen molar-refractivity contribution in [1.82, 2.24) is 0 Å². The number of carbonyl (C=O) groups is 1. The topological polar surface area (TPSA) is 17.1 Å². The minimum atomic E-state index is -0.572. The van der Waals surface area contributed by atoms with Gasteiger partial charge in [0, 0.05) is 23.5 Å². The molecule has 1 unspecified atom stereocenters. The van der Waals surface area contributed by atoms with Crippen molar-refractivity contribution >= 4 is 5.78 Å². The number of hydrogen-bond donors (Lipinski definition) is 0. The summed E-state index contributed by atoms with van der Waals surface area (Å²) in [5.74, 6) is -1.60. The van der Waals surface area contributed by atoms with Crippen LogP contribution in [-0.4, -0.2) is 5.78 Å². The van der Waals surface area contributed by atoms with Gasteiger partial charge in [-0.25, -0.2) is 8.78 Å². The molecule has 3 rings (SSSR count). The SMILES string of the molecule is O=C1CC(c2c(F)cccc2F)Cc2ccccc21. The minimum absolute atomic E-state index is 0.0327. The second kappa shape index (κ2) is 4.57. The van der Waals surface area contributed by atoms with Gasteiger partial charge in [-0.1, -0.05) is 30.3 Å². The van der Waals surface area contributed by atoms with Gasteiger partial charge in [-0.3, -0.25) is 4.79 Å². The van der Waals surface area contributed by atoms with Crippen molar-refractivity contribution in [2.45, 2.75) is 18.8 Å². The predicted octanol–water partition coefficient (Wildman–Crippen LogP) is 3.88. The zero-order valence-corrected chi connectivity index (χ0v) is 10.2. The van der Waals surface area contributed by atoms with Gasteiger partial charge in [-0.15, -0.1) is 0 Å². The Balaban J connectivity index is 2.04. The summed E-state index contributed by atoms with van der Waals surface area (Å²) < 4.78 is 27.6. The molecule has 1 nitrogen and oxygen atoms in total. The van der Waals surface area contributed by atoms with Crippen LogP contribution in [0.1, 0.15) is 33.8 Å². The average molecular weight is 258 g/mol. The van der Waals surface area contributed by atoms with Crippen molar-refractivity contribution in [2.75, 3.05) is 0 Å². The van der Waals surface area contributed by atoms with Crippen LogP contribution in [-0.2, 0) is 6.42 Å². The van der Waals surface area contributed by atoms with E-state index < -0.39 is 17.6 Å². The summed E-state index contributed by atoms with van der Waals surface area (Å²) in [4.78, 5) is 12.0. The highest BCUT2D eigenvalue weighted by Crippen LogP contribution is 2.34. The number of hydrogen-bond acceptors (Lipinski definition) is 1. The van der Waals surface area contributed by atoms with E-state index in [2.05, 4.69) is 0 Å². The fourth-order valence-electron chi connectivity index (χ4n) is 2.75. The summed E-state index contributed by atoms with van der Waals surface area (Å²) in [6, 6.07) is 11.1. The molecule has 0 bridgehead atoms. The Morgan fingerprint density at radius 1 is 0.895 bits per heavy atom. The quantitative estimate of drug-likeness (QED) is 0.758. The molecule has 0 fully saturated rings.